The normalized spacial score (nSPS) is 15.0. The zero-order chi connectivity index (χ0) is 23.1. The Morgan fingerprint density at radius 2 is 1.94 bits per heavy atom. The third-order valence-corrected chi connectivity index (χ3v) is 7.23. The molecule has 2 aromatic rings. The molecule has 0 aliphatic carbocycles. The van der Waals surface area contributed by atoms with Gasteiger partial charge in [-0.2, -0.15) is 0 Å². The highest BCUT2D eigenvalue weighted by Crippen LogP contribution is 2.22. The van der Waals surface area contributed by atoms with Gasteiger partial charge in [0.25, 0.3) is 5.91 Å². The maximum atomic E-state index is 12.7. The molecule has 0 saturated carbocycles. The van der Waals surface area contributed by atoms with Crippen LogP contribution >= 0.6 is 11.6 Å². The lowest BCUT2D eigenvalue weighted by Crippen LogP contribution is -2.38. The van der Waals surface area contributed by atoms with Crippen molar-refractivity contribution in [2.45, 2.75) is 11.4 Å². The lowest BCUT2D eigenvalue weighted by atomic mass is 10.2. The molecule has 3 rings (SSSR count). The molecular formula is C22H28ClN3O5S. The predicted octanol–water partition coefficient (Wildman–Crippen LogP) is 2.23. The van der Waals surface area contributed by atoms with Crippen LogP contribution in [0.25, 0.3) is 0 Å². The van der Waals surface area contributed by atoms with Crippen LogP contribution < -0.4 is 10.1 Å². The van der Waals surface area contributed by atoms with Crippen molar-refractivity contribution in [3.63, 3.8) is 0 Å². The summed E-state index contributed by atoms with van der Waals surface area (Å²) in [5.41, 5.74) is 0.961. The Hall–Kier alpha value is -2.17. The third kappa shape index (κ3) is 6.43. The number of ether oxygens (including phenoxy) is 2. The summed E-state index contributed by atoms with van der Waals surface area (Å²) in [6.07, 6.45) is 0. The number of benzene rings is 2. The summed E-state index contributed by atoms with van der Waals surface area (Å²) in [6, 6.07) is 11.6. The maximum Gasteiger partial charge on any atom is 0.253 e. The van der Waals surface area contributed by atoms with Crippen molar-refractivity contribution in [2.75, 3.05) is 53.6 Å². The van der Waals surface area contributed by atoms with E-state index in [1.807, 2.05) is 24.3 Å². The Morgan fingerprint density at radius 1 is 1.19 bits per heavy atom. The fraction of sp³-hybridized carbons (Fsp3) is 0.409. The van der Waals surface area contributed by atoms with Crippen molar-refractivity contribution in [3.05, 3.63) is 58.6 Å². The summed E-state index contributed by atoms with van der Waals surface area (Å²) < 4.78 is 37.0. The second-order valence-electron chi connectivity index (χ2n) is 7.56. The topological polar surface area (TPSA) is 88.2 Å². The van der Waals surface area contributed by atoms with Crippen LogP contribution in [0.5, 0.6) is 5.75 Å². The first kappa shape index (κ1) is 24.5. The number of amides is 1. The number of hydrogen-bond acceptors (Lipinski definition) is 6. The lowest BCUT2D eigenvalue weighted by Gasteiger charge is -2.26. The second kappa shape index (κ2) is 11.1. The molecule has 10 heteroatoms. The van der Waals surface area contributed by atoms with Crippen LogP contribution in [0, 0.1) is 0 Å². The van der Waals surface area contributed by atoms with E-state index >= 15 is 0 Å². The highest BCUT2D eigenvalue weighted by molar-refractivity contribution is 7.89. The van der Waals surface area contributed by atoms with Gasteiger partial charge in [0.2, 0.25) is 10.0 Å². The minimum atomic E-state index is -3.67. The summed E-state index contributed by atoms with van der Waals surface area (Å²) in [5, 5.41) is 2.97. The molecule has 0 atom stereocenters. The van der Waals surface area contributed by atoms with Gasteiger partial charge in [-0.3, -0.25) is 9.69 Å². The molecule has 1 heterocycles. The van der Waals surface area contributed by atoms with Crippen LogP contribution in [0.2, 0.25) is 5.02 Å². The van der Waals surface area contributed by atoms with Crippen molar-refractivity contribution in [1.82, 2.24) is 14.5 Å². The second-order valence-corrected chi connectivity index (χ2v) is 10.1. The number of nitrogens with one attached hydrogen (secondary N) is 1. The molecule has 1 aliphatic heterocycles. The van der Waals surface area contributed by atoms with Crippen molar-refractivity contribution >= 4 is 27.5 Å². The van der Waals surface area contributed by atoms with Gasteiger partial charge in [-0.15, -0.1) is 0 Å². The first-order valence-electron chi connectivity index (χ1n) is 10.3. The highest BCUT2D eigenvalue weighted by Gasteiger charge is 2.20. The van der Waals surface area contributed by atoms with Gasteiger partial charge in [0.15, 0.2) is 0 Å². The van der Waals surface area contributed by atoms with E-state index in [1.54, 1.807) is 0 Å². The summed E-state index contributed by atoms with van der Waals surface area (Å²) in [7, 11) is -0.811. The summed E-state index contributed by atoms with van der Waals surface area (Å²) in [5.74, 6) is 0.270. The minimum absolute atomic E-state index is 0.00714. The number of carbonyl (C=O) groups excluding carboxylic acids is 1. The smallest absolute Gasteiger partial charge is 0.253 e. The van der Waals surface area contributed by atoms with Crippen molar-refractivity contribution in [3.8, 4) is 5.75 Å². The van der Waals surface area contributed by atoms with Gasteiger partial charge >= 0.3 is 0 Å². The number of sulfonamides is 1. The summed E-state index contributed by atoms with van der Waals surface area (Å²) in [6.45, 7) is 4.98. The SMILES string of the molecule is CN(C)S(=O)(=O)c1ccc(Cl)c(C(=O)NCc2cccc(OCCN3CCOCC3)c2)c1. The first-order valence-corrected chi connectivity index (χ1v) is 12.1. The quantitative estimate of drug-likeness (QED) is 0.591. The molecule has 0 radical (unpaired) electrons. The Labute approximate surface area is 194 Å². The van der Waals surface area contributed by atoms with Crippen LogP contribution in [0.15, 0.2) is 47.4 Å². The van der Waals surface area contributed by atoms with Gasteiger partial charge in [-0.25, -0.2) is 12.7 Å². The predicted molar refractivity (Wildman–Crippen MR) is 123 cm³/mol. The first-order chi connectivity index (χ1) is 15.3. The molecule has 1 aliphatic rings. The third-order valence-electron chi connectivity index (χ3n) is 5.09. The Morgan fingerprint density at radius 3 is 2.66 bits per heavy atom. The lowest BCUT2D eigenvalue weighted by molar-refractivity contribution is 0.0322. The van der Waals surface area contributed by atoms with Gasteiger partial charge in [0.05, 0.1) is 28.7 Å². The van der Waals surface area contributed by atoms with Crippen LogP contribution in [-0.4, -0.2) is 77.1 Å². The fourth-order valence-corrected chi connectivity index (χ4v) is 4.32. The van der Waals surface area contributed by atoms with E-state index in [0.717, 1.165) is 48.5 Å². The van der Waals surface area contributed by atoms with Crippen LogP contribution in [-0.2, 0) is 21.3 Å². The molecule has 2 aromatic carbocycles. The molecular weight excluding hydrogens is 454 g/mol. The maximum absolute atomic E-state index is 12.7. The van der Waals surface area contributed by atoms with Gasteiger partial charge in [0, 0.05) is 40.3 Å². The van der Waals surface area contributed by atoms with E-state index in [4.69, 9.17) is 21.1 Å². The van der Waals surface area contributed by atoms with E-state index in [2.05, 4.69) is 10.2 Å². The highest BCUT2D eigenvalue weighted by atomic mass is 35.5. The summed E-state index contributed by atoms with van der Waals surface area (Å²) >= 11 is 6.15. The van der Waals surface area contributed by atoms with E-state index in [1.165, 1.54) is 32.3 Å². The zero-order valence-corrected chi connectivity index (χ0v) is 19.8. The molecule has 0 spiro atoms. The van der Waals surface area contributed by atoms with Crippen molar-refractivity contribution in [1.29, 1.82) is 0 Å². The fourth-order valence-electron chi connectivity index (χ4n) is 3.19. The Bertz CT molecular complexity index is 1040. The number of nitrogens with zero attached hydrogens (tertiary/aromatic N) is 2. The van der Waals surface area contributed by atoms with E-state index in [9.17, 15) is 13.2 Å². The number of halogens is 1. The molecule has 32 heavy (non-hydrogen) atoms. The number of hydrogen-bond donors (Lipinski definition) is 1. The van der Waals surface area contributed by atoms with Crippen molar-refractivity contribution in [2.24, 2.45) is 0 Å². The van der Waals surface area contributed by atoms with Gasteiger partial charge in [0.1, 0.15) is 12.4 Å². The average Bonchev–Trinajstić information content (AvgIpc) is 2.78. The van der Waals surface area contributed by atoms with Crippen LogP contribution in [0.3, 0.4) is 0 Å². The minimum Gasteiger partial charge on any atom is -0.492 e. The van der Waals surface area contributed by atoms with Gasteiger partial charge < -0.3 is 14.8 Å². The van der Waals surface area contributed by atoms with Gasteiger partial charge in [-0.05, 0) is 35.9 Å². The monoisotopic (exact) mass is 481 g/mol. The van der Waals surface area contributed by atoms with Crippen LogP contribution in [0.4, 0.5) is 0 Å². The Balaban J connectivity index is 1.58. The summed E-state index contributed by atoms with van der Waals surface area (Å²) in [4.78, 5) is 15.0. The molecule has 0 bridgehead atoms. The number of rotatable bonds is 9. The van der Waals surface area contributed by atoms with E-state index in [-0.39, 0.29) is 22.0 Å². The largest absolute Gasteiger partial charge is 0.492 e. The molecule has 1 amide bonds. The van der Waals surface area contributed by atoms with E-state index in [0.29, 0.717) is 6.61 Å². The average molecular weight is 482 g/mol. The number of carbonyl (C=O) groups is 1. The number of morpholine rings is 1. The van der Waals surface area contributed by atoms with E-state index < -0.39 is 15.9 Å². The molecule has 174 valence electrons. The van der Waals surface area contributed by atoms with Crippen LogP contribution in [0.1, 0.15) is 15.9 Å². The molecule has 0 aromatic heterocycles. The molecule has 1 N–H and O–H groups in total. The molecule has 1 fully saturated rings. The van der Waals surface area contributed by atoms with Crippen molar-refractivity contribution < 1.29 is 22.7 Å². The zero-order valence-electron chi connectivity index (χ0n) is 18.2. The Kier molecular flexibility index (Phi) is 8.50. The molecule has 1 saturated heterocycles. The standard InChI is InChI=1S/C22H28ClN3O5S/c1-25(2)32(28,29)19-6-7-21(23)20(15-19)22(27)24-16-17-4-3-5-18(14-17)31-13-10-26-8-11-30-12-9-26/h3-7,14-15H,8-13,16H2,1-2H3,(H,24,27). The van der Waals surface area contributed by atoms with Gasteiger partial charge in [-0.1, -0.05) is 23.7 Å². The molecule has 8 nitrogen and oxygen atoms in total. The molecule has 0 unspecified atom stereocenters.